The van der Waals surface area contributed by atoms with Crippen molar-refractivity contribution in [1.82, 2.24) is 4.31 Å². The number of nitrogens with one attached hydrogen (secondary N) is 1. The van der Waals surface area contributed by atoms with Gasteiger partial charge in [0.05, 0.1) is 4.90 Å². The number of nitrogens with zero attached hydrogens (tertiary/aromatic N) is 1. The van der Waals surface area contributed by atoms with E-state index < -0.39 is 10.0 Å². The van der Waals surface area contributed by atoms with Crippen molar-refractivity contribution < 1.29 is 12.8 Å². The minimum absolute atomic E-state index is 0.106. The molecule has 124 valence electrons. The summed E-state index contributed by atoms with van der Waals surface area (Å²) in [6.07, 6.45) is 0. The van der Waals surface area contributed by atoms with E-state index in [1.807, 2.05) is 19.9 Å². The zero-order valence-electron chi connectivity index (χ0n) is 13.5. The molecule has 1 N–H and O–H groups in total. The number of rotatable bonds is 6. The van der Waals surface area contributed by atoms with Crippen LogP contribution in [-0.2, 0) is 16.6 Å². The lowest BCUT2D eigenvalue weighted by Gasteiger charge is -2.21. The van der Waals surface area contributed by atoms with Gasteiger partial charge in [0.1, 0.15) is 5.82 Å². The van der Waals surface area contributed by atoms with Crippen LogP contribution in [0.15, 0.2) is 53.4 Å². The van der Waals surface area contributed by atoms with Crippen molar-refractivity contribution >= 4 is 15.7 Å². The molecule has 23 heavy (non-hydrogen) atoms. The molecule has 0 atom stereocenters. The SMILES string of the molecule is CC(C)N(C)S(=O)(=O)c1ccc(NCc2cccc(F)c2)cc1. The Morgan fingerprint density at radius 3 is 2.35 bits per heavy atom. The third-order valence-corrected chi connectivity index (χ3v) is 5.69. The van der Waals surface area contributed by atoms with E-state index in [-0.39, 0.29) is 16.8 Å². The lowest BCUT2D eigenvalue weighted by atomic mass is 10.2. The Morgan fingerprint density at radius 2 is 1.78 bits per heavy atom. The van der Waals surface area contributed by atoms with Crippen molar-refractivity contribution in [3.8, 4) is 0 Å². The quantitative estimate of drug-likeness (QED) is 0.879. The molecule has 0 bridgehead atoms. The van der Waals surface area contributed by atoms with Crippen LogP contribution in [0.3, 0.4) is 0 Å². The topological polar surface area (TPSA) is 49.4 Å². The molecule has 0 aromatic heterocycles. The summed E-state index contributed by atoms with van der Waals surface area (Å²) in [6.45, 7) is 4.12. The van der Waals surface area contributed by atoms with Gasteiger partial charge in [-0.3, -0.25) is 0 Å². The predicted molar refractivity (Wildman–Crippen MR) is 90.3 cm³/mol. The summed E-state index contributed by atoms with van der Waals surface area (Å²) in [5, 5.41) is 3.14. The van der Waals surface area contributed by atoms with E-state index in [0.29, 0.717) is 6.54 Å². The largest absolute Gasteiger partial charge is 0.381 e. The lowest BCUT2D eigenvalue weighted by molar-refractivity contribution is 0.410. The van der Waals surface area contributed by atoms with Crippen LogP contribution in [0, 0.1) is 5.82 Å². The van der Waals surface area contributed by atoms with Crippen LogP contribution in [0.1, 0.15) is 19.4 Å². The summed E-state index contributed by atoms with van der Waals surface area (Å²) in [5.41, 5.74) is 1.60. The molecule has 2 rings (SSSR count). The van der Waals surface area contributed by atoms with Gasteiger partial charge < -0.3 is 5.32 Å². The Bertz CT molecular complexity index is 758. The highest BCUT2D eigenvalue weighted by Crippen LogP contribution is 2.19. The lowest BCUT2D eigenvalue weighted by Crippen LogP contribution is -2.33. The first kappa shape index (κ1) is 17.4. The third kappa shape index (κ3) is 4.30. The second-order valence-electron chi connectivity index (χ2n) is 5.62. The Labute approximate surface area is 137 Å². The molecule has 0 unspecified atom stereocenters. The van der Waals surface area contributed by atoms with Gasteiger partial charge in [0.2, 0.25) is 10.0 Å². The van der Waals surface area contributed by atoms with Crippen LogP contribution in [0.25, 0.3) is 0 Å². The van der Waals surface area contributed by atoms with Gasteiger partial charge in [-0.05, 0) is 55.8 Å². The number of benzene rings is 2. The summed E-state index contributed by atoms with van der Waals surface area (Å²) in [5.74, 6) is -0.275. The fourth-order valence-electron chi connectivity index (χ4n) is 2.04. The molecule has 0 saturated heterocycles. The van der Waals surface area contributed by atoms with Crippen molar-refractivity contribution in [2.24, 2.45) is 0 Å². The summed E-state index contributed by atoms with van der Waals surface area (Å²) in [7, 11) is -1.91. The number of sulfonamides is 1. The zero-order chi connectivity index (χ0) is 17.0. The molecule has 0 aliphatic carbocycles. The van der Waals surface area contributed by atoms with E-state index in [1.54, 1.807) is 37.4 Å². The van der Waals surface area contributed by atoms with Crippen molar-refractivity contribution in [1.29, 1.82) is 0 Å². The first-order valence-electron chi connectivity index (χ1n) is 7.37. The minimum Gasteiger partial charge on any atom is -0.381 e. The highest BCUT2D eigenvalue weighted by Gasteiger charge is 2.22. The second-order valence-corrected chi connectivity index (χ2v) is 7.62. The van der Waals surface area contributed by atoms with Gasteiger partial charge in [0, 0.05) is 25.3 Å². The Balaban J connectivity index is 2.08. The fourth-order valence-corrected chi connectivity index (χ4v) is 3.41. The van der Waals surface area contributed by atoms with Gasteiger partial charge >= 0.3 is 0 Å². The monoisotopic (exact) mass is 336 g/mol. The molecule has 2 aromatic rings. The molecular weight excluding hydrogens is 315 g/mol. The van der Waals surface area contributed by atoms with Crippen molar-refractivity contribution in [3.05, 3.63) is 59.9 Å². The molecule has 4 nitrogen and oxygen atoms in total. The van der Waals surface area contributed by atoms with Crippen LogP contribution in [0.4, 0.5) is 10.1 Å². The average Bonchev–Trinajstić information content (AvgIpc) is 2.52. The maximum absolute atomic E-state index is 13.1. The van der Waals surface area contributed by atoms with E-state index in [9.17, 15) is 12.8 Å². The van der Waals surface area contributed by atoms with E-state index in [1.165, 1.54) is 16.4 Å². The average molecular weight is 336 g/mol. The van der Waals surface area contributed by atoms with Crippen LogP contribution in [0.5, 0.6) is 0 Å². The zero-order valence-corrected chi connectivity index (χ0v) is 14.3. The second kappa shape index (κ2) is 7.10. The molecule has 0 amide bonds. The molecule has 0 heterocycles. The maximum atomic E-state index is 13.1. The van der Waals surface area contributed by atoms with Crippen molar-refractivity contribution in [2.45, 2.75) is 31.3 Å². The minimum atomic E-state index is -3.47. The molecule has 2 aromatic carbocycles. The summed E-state index contributed by atoms with van der Waals surface area (Å²) in [6, 6.07) is 12.8. The molecule has 0 fully saturated rings. The standard InChI is InChI=1S/C17H21FN2O2S/c1-13(2)20(3)23(21,22)17-9-7-16(8-10-17)19-12-14-5-4-6-15(18)11-14/h4-11,13,19H,12H2,1-3H3. The normalized spacial score (nSPS) is 11.9. The Morgan fingerprint density at radius 1 is 1.13 bits per heavy atom. The highest BCUT2D eigenvalue weighted by molar-refractivity contribution is 7.89. The molecule has 0 aliphatic rings. The Kier molecular flexibility index (Phi) is 5.38. The molecule has 0 aliphatic heterocycles. The summed E-state index contributed by atoms with van der Waals surface area (Å²) >= 11 is 0. The molecular formula is C17H21FN2O2S. The van der Waals surface area contributed by atoms with Gasteiger partial charge in [0.25, 0.3) is 0 Å². The van der Waals surface area contributed by atoms with Crippen LogP contribution in [-0.4, -0.2) is 25.8 Å². The van der Waals surface area contributed by atoms with E-state index >= 15 is 0 Å². The van der Waals surface area contributed by atoms with Crippen molar-refractivity contribution in [3.63, 3.8) is 0 Å². The van der Waals surface area contributed by atoms with Crippen molar-refractivity contribution in [2.75, 3.05) is 12.4 Å². The molecule has 6 heteroatoms. The van der Waals surface area contributed by atoms with Gasteiger partial charge in [-0.15, -0.1) is 0 Å². The summed E-state index contributed by atoms with van der Waals surface area (Å²) in [4.78, 5) is 0.255. The number of anilines is 1. The van der Waals surface area contributed by atoms with Crippen LogP contribution >= 0.6 is 0 Å². The predicted octanol–water partition coefficient (Wildman–Crippen LogP) is 3.47. The van der Waals surface area contributed by atoms with E-state index in [0.717, 1.165) is 11.3 Å². The van der Waals surface area contributed by atoms with E-state index in [4.69, 9.17) is 0 Å². The number of hydrogen-bond acceptors (Lipinski definition) is 3. The molecule has 0 spiro atoms. The first-order valence-corrected chi connectivity index (χ1v) is 8.81. The van der Waals surface area contributed by atoms with Gasteiger partial charge in [-0.25, -0.2) is 12.8 Å². The maximum Gasteiger partial charge on any atom is 0.243 e. The third-order valence-electron chi connectivity index (χ3n) is 3.64. The smallest absolute Gasteiger partial charge is 0.243 e. The van der Waals surface area contributed by atoms with Gasteiger partial charge in [0.15, 0.2) is 0 Å². The van der Waals surface area contributed by atoms with E-state index in [2.05, 4.69) is 5.32 Å². The molecule has 0 radical (unpaired) electrons. The number of halogens is 1. The van der Waals surface area contributed by atoms with Crippen LogP contribution < -0.4 is 5.32 Å². The van der Waals surface area contributed by atoms with Gasteiger partial charge in [-0.1, -0.05) is 12.1 Å². The Hall–Kier alpha value is -1.92. The number of hydrogen-bond donors (Lipinski definition) is 1. The van der Waals surface area contributed by atoms with Crippen LogP contribution in [0.2, 0.25) is 0 Å². The highest BCUT2D eigenvalue weighted by atomic mass is 32.2. The molecule has 0 saturated carbocycles. The summed E-state index contributed by atoms with van der Waals surface area (Å²) < 4.78 is 39.2. The fraction of sp³-hybridized carbons (Fsp3) is 0.294. The first-order chi connectivity index (χ1) is 10.8. The van der Waals surface area contributed by atoms with Gasteiger partial charge in [-0.2, -0.15) is 4.31 Å².